The van der Waals surface area contributed by atoms with E-state index in [9.17, 15) is 14.7 Å². The third-order valence-electron chi connectivity index (χ3n) is 3.17. The fourth-order valence-corrected chi connectivity index (χ4v) is 2.98. The Labute approximate surface area is 125 Å². The molecule has 0 aliphatic carbocycles. The molecule has 1 N–H and O–H groups in total. The van der Waals surface area contributed by atoms with Crippen LogP contribution in [0.15, 0.2) is 34.4 Å². The van der Waals surface area contributed by atoms with E-state index < -0.39 is 17.6 Å². The van der Waals surface area contributed by atoms with Gasteiger partial charge in [0.2, 0.25) is 0 Å². The minimum absolute atomic E-state index is 0.0535. The summed E-state index contributed by atoms with van der Waals surface area (Å²) in [6, 6.07) is 7.53. The van der Waals surface area contributed by atoms with E-state index in [0.717, 1.165) is 4.88 Å². The zero-order valence-electron chi connectivity index (χ0n) is 11.6. The number of thiophene rings is 1. The van der Waals surface area contributed by atoms with Gasteiger partial charge in [0, 0.05) is 0 Å². The average molecular weight is 302 g/mol. The normalized spacial score (nSPS) is 12.1. The first-order valence-electron chi connectivity index (χ1n) is 6.39. The number of carboxylic acid groups (broad SMARTS) is 1. The van der Waals surface area contributed by atoms with Gasteiger partial charge < -0.3 is 5.11 Å². The number of pyridine rings is 1. The van der Waals surface area contributed by atoms with Crippen molar-refractivity contribution in [3.05, 3.63) is 45.6 Å². The summed E-state index contributed by atoms with van der Waals surface area (Å²) in [5.41, 5.74) is -0.0955. The molecular weight excluding hydrogens is 288 g/mol. The average Bonchev–Trinajstić information content (AvgIpc) is 2.93. The van der Waals surface area contributed by atoms with Gasteiger partial charge in [-0.25, -0.2) is 4.79 Å². The molecule has 6 heteroatoms. The van der Waals surface area contributed by atoms with Crippen LogP contribution in [0.25, 0.3) is 10.6 Å². The van der Waals surface area contributed by atoms with Crippen molar-refractivity contribution in [2.24, 2.45) is 5.92 Å². The van der Waals surface area contributed by atoms with Crippen LogP contribution in [0, 0.1) is 17.2 Å². The maximum absolute atomic E-state index is 12.4. The van der Waals surface area contributed by atoms with Gasteiger partial charge in [0.1, 0.15) is 17.7 Å². The molecule has 0 aliphatic rings. The Morgan fingerprint density at radius 2 is 2.10 bits per heavy atom. The van der Waals surface area contributed by atoms with Gasteiger partial charge in [-0.3, -0.25) is 9.36 Å². The van der Waals surface area contributed by atoms with Crippen molar-refractivity contribution in [3.8, 4) is 16.6 Å². The second kappa shape index (κ2) is 5.94. The van der Waals surface area contributed by atoms with Gasteiger partial charge in [0.15, 0.2) is 0 Å². The molecule has 0 fully saturated rings. The summed E-state index contributed by atoms with van der Waals surface area (Å²) in [4.78, 5) is 24.8. The van der Waals surface area contributed by atoms with E-state index >= 15 is 0 Å². The predicted molar refractivity (Wildman–Crippen MR) is 80.2 cm³/mol. The Balaban J connectivity index is 2.80. The molecule has 0 aliphatic heterocycles. The number of hydrogen-bond acceptors (Lipinski definition) is 4. The van der Waals surface area contributed by atoms with E-state index in [4.69, 9.17) is 5.26 Å². The zero-order valence-corrected chi connectivity index (χ0v) is 12.4. The summed E-state index contributed by atoms with van der Waals surface area (Å²) in [6.07, 6.45) is 0. The molecule has 0 saturated carbocycles. The van der Waals surface area contributed by atoms with Gasteiger partial charge in [-0.2, -0.15) is 5.26 Å². The smallest absolute Gasteiger partial charge is 0.327 e. The van der Waals surface area contributed by atoms with Crippen molar-refractivity contribution in [3.63, 3.8) is 0 Å². The van der Waals surface area contributed by atoms with Crippen LogP contribution in [0.1, 0.15) is 25.5 Å². The van der Waals surface area contributed by atoms with Crippen LogP contribution in [-0.2, 0) is 4.79 Å². The van der Waals surface area contributed by atoms with Crippen LogP contribution in [-0.4, -0.2) is 15.6 Å². The lowest BCUT2D eigenvalue weighted by Crippen LogP contribution is -2.35. The first-order valence-corrected chi connectivity index (χ1v) is 7.27. The minimum atomic E-state index is -1.08. The highest BCUT2D eigenvalue weighted by molar-refractivity contribution is 7.13. The number of carboxylic acids is 1. The topological polar surface area (TPSA) is 83.1 Å². The molecule has 0 spiro atoms. The lowest BCUT2D eigenvalue weighted by Gasteiger charge is -2.22. The molecule has 1 atom stereocenters. The van der Waals surface area contributed by atoms with Crippen LogP contribution in [0.5, 0.6) is 0 Å². The van der Waals surface area contributed by atoms with Crippen molar-refractivity contribution >= 4 is 17.3 Å². The van der Waals surface area contributed by atoms with Gasteiger partial charge in [-0.1, -0.05) is 19.9 Å². The molecule has 0 radical (unpaired) electrons. The SMILES string of the molecule is CC(C)C(C(=O)O)n1c(-c2cccs2)ccc(C#N)c1=O. The molecule has 2 heterocycles. The second-order valence-corrected chi connectivity index (χ2v) is 5.87. The highest BCUT2D eigenvalue weighted by Crippen LogP contribution is 2.28. The molecule has 0 saturated heterocycles. The van der Waals surface area contributed by atoms with Gasteiger partial charge >= 0.3 is 5.97 Å². The van der Waals surface area contributed by atoms with E-state index in [1.807, 2.05) is 23.6 Å². The summed E-state index contributed by atoms with van der Waals surface area (Å²) >= 11 is 1.42. The Hall–Kier alpha value is -2.39. The van der Waals surface area contributed by atoms with Gasteiger partial charge in [0.05, 0.1) is 10.6 Å². The maximum atomic E-state index is 12.4. The van der Waals surface area contributed by atoms with Crippen molar-refractivity contribution in [2.75, 3.05) is 0 Å². The number of aliphatic carboxylic acids is 1. The summed E-state index contributed by atoms with van der Waals surface area (Å²) in [7, 11) is 0. The molecule has 0 bridgehead atoms. The number of nitriles is 1. The number of nitrogens with zero attached hydrogens (tertiary/aromatic N) is 2. The molecular formula is C15H14N2O3S. The van der Waals surface area contributed by atoms with E-state index in [-0.39, 0.29) is 11.5 Å². The molecule has 2 aromatic heterocycles. The van der Waals surface area contributed by atoms with E-state index in [0.29, 0.717) is 5.69 Å². The largest absolute Gasteiger partial charge is 0.480 e. The quantitative estimate of drug-likeness (QED) is 0.941. The van der Waals surface area contributed by atoms with Gasteiger partial charge in [0.25, 0.3) is 5.56 Å². The van der Waals surface area contributed by atoms with Crippen LogP contribution in [0.3, 0.4) is 0 Å². The third-order valence-corrected chi connectivity index (χ3v) is 4.07. The maximum Gasteiger partial charge on any atom is 0.327 e. The Morgan fingerprint density at radius 3 is 2.57 bits per heavy atom. The summed E-state index contributed by atoms with van der Waals surface area (Å²) < 4.78 is 1.22. The number of aromatic nitrogens is 1. The number of hydrogen-bond donors (Lipinski definition) is 1. The van der Waals surface area contributed by atoms with E-state index in [1.54, 1.807) is 19.9 Å². The van der Waals surface area contributed by atoms with Crippen LogP contribution < -0.4 is 5.56 Å². The minimum Gasteiger partial charge on any atom is -0.480 e. The van der Waals surface area contributed by atoms with Crippen LogP contribution >= 0.6 is 11.3 Å². The molecule has 21 heavy (non-hydrogen) atoms. The van der Waals surface area contributed by atoms with Gasteiger partial charge in [-0.05, 0) is 29.5 Å². The molecule has 0 aromatic carbocycles. The summed E-state index contributed by atoms with van der Waals surface area (Å²) in [5, 5.41) is 20.3. The lowest BCUT2D eigenvalue weighted by molar-refractivity contribution is -0.142. The summed E-state index contributed by atoms with van der Waals surface area (Å²) in [5.74, 6) is -1.37. The molecule has 2 aromatic rings. The zero-order chi connectivity index (χ0) is 15.6. The van der Waals surface area contributed by atoms with Crippen molar-refractivity contribution in [1.29, 1.82) is 5.26 Å². The molecule has 1 unspecified atom stereocenters. The lowest BCUT2D eigenvalue weighted by atomic mass is 10.0. The van der Waals surface area contributed by atoms with Gasteiger partial charge in [-0.15, -0.1) is 11.3 Å². The second-order valence-electron chi connectivity index (χ2n) is 4.92. The van der Waals surface area contributed by atoms with Crippen molar-refractivity contribution < 1.29 is 9.90 Å². The molecule has 108 valence electrons. The monoisotopic (exact) mass is 302 g/mol. The first kappa shape index (κ1) is 15.0. The van der Waals surface area contributed by atoms with Crippen LogP contribution in [0.2, 0.25) is 0 Å². The highest BCUT2D eigenvalue weighted by Gasteiger charge is 2.28. The Kier molecular flexibility index (Phi) is 4.24. The highest BCUT2D eigenvalue weighted by atomic mass is 32.1. The fraction of sp³-hybridized carbons (Fsp3) is 0.267. The fourth-order valence-electron chi connectivity index (χ4n) is 2.23. The van der Waals surface area contributed by atoms with E-state index in [2.05, 4.69) is 0 Å². The first-order chi connectivity index (χ1) is 9.97. The standard InChI is InChI=1S/C15H14N2O3S/c1-9(2)13(15(19)20)17-11(12-4-3-7-21-12)6-5-10(8-16)14(17)18/h3-7,9,13H,1-2H3,(H,19,20). The van der Waals surface area contributed by atoms with Crippen molar-refractivity contribution in [1.82, 2.24) is 4.57 Å². The van der Waals surface area contributed by atoms with E-state index in [1.165, 1.54) is 22.0 Å². The third kappa shape index (κ3) is 2.73. The Bertz CT molecular complexity index is 754. The number of rotatable bonds is 4. The van der Waals surface area contributed by atoms with Crippen molar-refractivity contribution in [2.45, 2.75) is 19.9 Å². The molecule has 5 nitrogen and oxygen atoms in total. The Morgan fingerprint density at radius 1 is 1.38 bits per heavy atom. The van der Waals surface area contributed by atoms with Crippen LogP contribution in [0.4, 0.5) is 0 Å². The molecule has 2 rings (SSSR count). The predicted octanol–water partition coefficient (Wildman–Crippen LogP) is 2.73. The summed E-state index contributed by atoms with van der Waals surface area (Å²) in [6.45, 7) is 3.48. The molecule has 0 amide bonds. The number of carbonyl (C=O) groups is 1.